The van der Waals surface area contributed by atoms with Crippen LogP contribution in [0.5, 0.6) is 0 Å². The summed E-state index contributed by atoms with van der Waals surface area (Å²) in [5.41, 5.74) is 1.30. The van der Waals surface area contributed by atoms with Crippen LogP contribution in [0.3, 0.4) is 0 Å². The van der Waals surface area contributed by atoms with Crippen LogP contribution >= 0.6 is 0 Å². The van der Waals surface area contributed by atoms with Crippen molar-refractivity contribution < 1.29 is 4.39 Å². The molecule has 0 aliphatic heterocycles. The lowest BCUT2D eigenvalue weighted by atomic mass is 10.2. The molecule has 0 radical (unpaired) electrons. The van der Waals surface area contributed by atoms with Gasteiger partial charge >= 0.3 is 0 Å². The van der Waals surface area contributed by atoms with Crippen molar-refractivity contribution in [2.75, 3.05) is 0 Å². The topological polar surface area (TPSA) is 12.4 Å². The Bertz CT molecular complexity index is 321. The SMILES string of the molecule is CC=Nc1c(C)cccc1F.CCCCCCC. The second-order valence-corrected chi connectivity index (χ2v) is 4.35. The van der Waals surface area contributed by atoms with Gasteiger partial charge in [0.1, 0.15) is 11.5 Å². The fourth-order valence-corrected chi connectivity index (χ4v) is 1.59. The number of rotatable bonds is 5. The molecule has 0 fully saturated rings. The maximum absolute atomic E-state index is 12.9. The lowest BCUT2D eigenvalue weighted by Crippen LogP contribution is -1.79. The van der Waals surface area contributed by atoms with E-state index in [1.54, 1.807) is 19.2 Å². The number of aryl methyl sites for hydroxylation is 1. The van der Waals surface area contributed by atoms with Crippen molar-refractivity contribution in [3.8, 4) is 0 Å². The zero-order chi connectivity index (χ0) is 13.8. The van der Waals surface area contributed by atoms with Gasteiger partial charge in [-0.3, -0.25) is 4.99 Å². The van der Waals surface area contributed by atoms with Gasteiger partial charge in [0, 0.05) is 6.21 Å². The minimum Gasteiger partial charge on any atom is -0.258 e. The molecule has 0 atom stereocenters. The van der Waals surface area contributed by atoms with Crippen LogP contribution in [0.15, 0.2) is 23.2 Å². The van der Waals surface area contributed by atoms with Gasteiger partial charge in [-0.05, 0) is 25.5 Å². The number of benzene rings is 1. The van der Waals surface area contributed by atoms with Crippen LogP contribution in [-0.2, 0) is 0 Å². The molecule has 102 valence electrons. The average Bonchev–Trinajstić information content (AvgIpc) is 2.36. The molecule has 0 saturated carbocycles. The second-order valence-electron chi connectivity index (χ2n) is 4.35. The van der Waals surface area contributed by atoms with E-state index in [9.17, 15) is 4.39 Å². The number of para-hydroxylation sites is 1. The molecule has 0 unspecified atom stereocenters. The summed E-state index contributed by atoms with van der Waals surface area (Å²) in [7, 11) is 0. The Kier molecular flexibility index (Phi) is 10.2. The van der Waals surface area contributed by atoms with Crippen molar-refractivity contribution in [3.63, 3.8) is 0 Å². The van der Waals surface area contributed by atoms with E-state index in [-0.39, 0.29) is 5.82 Å². The number of nitrogens with zero attached hydrogens (tertiary/aromatic N) is 1. The van der Waals surface area contributed by atoms with E-state index in [1.807, 2.05) is 13.0 Å². The highest BCUT2D eigenvalue weighted by Gasteiger charge is 2.00. The summed E-state index contributed by atoms with van der Waals surface area (Å²) in [6.45, 7) is 8.10. The van der Waals surface area contributed by atoms with Gasteiger partial charge in [-0.25, -0.2) is 4.39 Å². The number of hydrogen-bond acceptors (Lipinski definition) is 1. The normalized spacial score (nSPS) is 10.3. The molecule has 1 aromatic rings. The molecule has 1 rings (SSSR count). The van der Waals surface area contributed by atoms with Gasteiger partial charge in [0.2, 0.25) is 0 Å². The lowest BCUT2D eigenvalue weighted by molar-refractivity contribution is 0.629. The van der Waals surface area contributed by atoms with E-state index in [0.717, 1.165) is 5.56 Å². The highest BCUT2D eigenvalue weighted by molar-refractivity contribution is 5.62. The molecule has 0 spiro atoms. The summed E-state index contributed by atoms with van der Waals surface area (Å²) in [5, 5.41) is 0. The van der Waals surface area contributed by atoms with Crippen molar-refractivity contribution in [1.82, 2.24) is 0 Å². The average molecular weight is 251 g/mol. The Morgan fingerprint density at radius 2 is 1.72 bits per heavy atom. The first-order chi connectivity index (χ1) is 8.67. The molecule has 0 aliphatic rings. The van der Waals surface area contributed by atoms with Gasteiger partial charge in [-0.1, -0.05) is 58.1 Å². The largest absolute Gasteiger partial charge is 0.258 e. The van der Waals surface area contributed by atoms with Crippen molar-refractivity contribution in [2.45, 2.75) is 59.8 Å². The number of aliphatic imine (C=N–C) groups is 1. The summed E-state index contributed by atoms with van der Waals surface area (Å²) in [6.07, 6.45) is 8.60. The molecule has 0 heterocycles. The summed E-state index contributed by atoms with van der Waals surface area (Å²) in [6, 6.07) is 4.93. The smallest absolute Gasteiger partial charge is 0.149 e. The Balaban J connectivity index is 0.000000360. The van der Waals surface area contributed by atoms with Crippen LogP contribution < -0.4 is 0 Å². The summed E-state index contributed by atoms with van der Waals surface area (Å²) in [4.78, 5) is 3.91. The molecule has 18 heavy (non-hydrogen) atoms. The molecular weight excluding hydrogens is 225 g/mol. The summed E-state index contributed by atoms with van der Waals surface area (Å²) >= 11 is 0. The predicted octanol–water partition coefficient (Wildman–Crippen LogP) is 5.83. The maximum atomic E-state index is 12.9. The number of halogens is 1. The summed E-state index contributed by atoms with van der Waals surface area (Å²) < 4.78 is 12.9. The van der Waals surface area contributed by atoms with E-state index >= 15 is 0 Å². The Morgan fingerprint density at radius 3 is 2.17 bits per heavy atom. The molecular formula is C16H26FN. The first-order valence-corrected chi connectivity index (χ1v) is 6.91. The summed E-state index contributed by atoms with van der Waals surface area (Å²) in [5.74, 6) is -0.261. The first-order valence-electron chi connectivity index (χ1n) is 6.91. The van der Waals surface area contributed by atoms with E-state index in [0.29, 0.717) is 5.69 Å². The van der Waals surface area contributed by atoms with Crippen LogP contribution in [0, 0.1) is 12.7 Å². The maximum Gasteiger partial charge on any atom is 0.149 e. The monoisotopic (exact) mass is 251 g/mol. The molecule has 1 aromatic carbocycles. The van der Waals surface area contributed by atoms with Crippen molar-refractivity contribution in [3.05, 3.63) is 29.6 Å². The molecule has 2 heteroatoms. The Labute approximate surface area is 111 Å². The first kappa shape index (κ1) is 16.8. The molecule has 1 nitrogen and oxygen atoms in total. The van der Waals surface area contributed by atoms with Crippen molar-refractivity contribution >= 4 is 11.9 Å². The van der Waals surface area contributed by atoms with Crippen molar-refractivity contribution in [2.24, 2.45) is 4.99 Å². The third-order valence-corrected chi connectivity index (χ3v) is 2.65. The van der Waals surface area contributed by atoms with Gasteiger partial charge in [-0.2, -0.15) is 0 Å². The highest BCUT2D eigenvalue weighted by Crippen LogP contribution is 2.21. The van der Waals surface area contributed by atoms with E-state index < -0.39 is 0 Å². The number of unbranched alkanes of at least 4 members (excludes halogenated alkanes) is 4. The molecule has 0 aromatic heterocycles. The zero-order valence-corrected chi connectivity index (χ0v) is 12.2. The van der Waals surface area contributed by atoms with Crippen LogP contribution in [-0.4, -0.2) is 6.21 Å². The van der Waals surface area contributed by atoms with Gasteiger partial charge in [0.25, 0.3) is 0 Å². The van der Waals surface area contributed by atoms with Crippen LogP contribution in [0.4, 0.5) is 10.1 Å². The quantitative estimate of drug-likeness (QED) is 0.461. The van der Waals surface area contributed by atoms with Crippen LogP contribution in [0.1, 0.15) is 58.4 Å². The van der Waals surface area contributed by atoms with Gasteiger partial charge in [0.05, 0.1) is 0 Å². The van der Waals surface area contributed by atoms with Gasteiger partial charge < -0.3 is 0 Å². The molecule has 0 aliphatic carbocycles. The van der Waals surface area contributed by atoms with Gasteiger partial charge in [-0.15, -0.1) is 0 Å². The molecule has 0 amide bonds. The van der Waals surface area contributed by atoms with E-state index in [1.165, 1.54) is 38.2 Å². The third-order valence-electron chi connectivity index (χ3n) is 2.65. The fraction of sp³-hybridized carbons (Fsp3) is 0.562. The number of hydrogen-bond donors (Lipinski definition) is 0. The standard InChI is InChI=1S/C9H10FN.C7H16/c1-3-11-9-7(2)5-4-6-8(9)10;1-3-5-7-6-4-2/h3-6H,1-2H3;3-7H2,1-2H3. The molecule has 0 bridgehead atoms. The van der Waals surface area contributed by atoms with E-state index in [4.69, 9.17) is 0 Å². The predicted molar refractivity (Wildman–Crippen MR) is 79.4 cm³/mol. The third kappa shape index (κ3) is 7.21. The lowest BCUT2D eigenvalue weighted by Gasteiger charge is -1.98. The van der Waals surface area contributed by atoms with Crippen LogP contribution in [0.2, 0.25) is 0 Å². The Hall–Kier alpha value is -1.18. The zero-order valence-electron chi connectivity index (χ0n) is 12.2. The van der Waals surface area contributed by atoms with E-state index in [2.05, 4.69) is 18.8 Å². The minimum absolute atomic E-state index is 0.261. The van der Waals surface area contributed by atoms with Crippen molar-refractivity contribution in [1.29, 1.82) is 0 Å². The molecule has 0 N–H and O–H groups in total. The minimum atomic E-state index is -0.261. The second kappa shape index (κ2) is 10.9. The van der Waals surface area contributed by atoms with Gasteiger partial charge in [0.15, 0.2) is 0 Å². The van der Waals surface area contributed by atoms with Crippen LogP contribution in [0.25, 0.3) is 0 Å². The highest BCUT2D eigenvalue weighted by atomic mass is 19.1. The molecule has 0 saturated heterocycles. The Morgan fingerprint density at radius 1 is 1.11 bits per heavy atom. The fourth-order valence-electron chi connectivity index (χ4n) is 1.59.